The van der Waals surface area contributed by atoms with E-state index in [1.807, 2.05) is 0 Å². The molecule has 0 aliphatic rings. The van der Waals surface area contributed by atoms with Gasteiger partial charge < -0.3 is 14.8 Å². The number of carbonyl (C=O) groups excluding carboxylic acids is 1. The largest absolute Gasteiger partial charge is 0.475 e. The maximum Gasteiger partial charge on any atom is 0.371 e. The average molecular weight is 355 g/mol. The number of nitrogens with one attached hydrogen (secondary N) is 1. The number of rotatable bonds is 5. The molecule has 0 spiro atoms. The summed E-state index contributed by atoms with van der Waals surface area (Å²) in [6, 6.07) is 0.877. The summed E-state index contributed by atoms with van der Waals surface area (Å²) in [5.74, 6) is -2.40. The zero-order valence-corrected chi connectivity index (χ0v) is 12.4. The Morgan fingerprint density at radius 3 is 2.53 bits per heavy atom. The van der Waals surface area contributed by atoms with Crippen molar-refractivity contribution >= 4 is 37.8 Å². The number of hydrogen-bond acceptors (Lipinski definition) is 5. The summed E-state index contributed by atoms with van der Waals surface area (Å²) >= 11 is 2.84. The Kier molecular flexibility index (Phi) is 4.71. The number of carboxylic acid groups (broad SMARTS) is 1. The molecule has 0 bridgehead atoms. The van der Waals surface area contributed by atoms with Gasteiger partial charge in [0.2, 0.25) is 21.7 Å². The van der Waals surface area contributed by atoms with Crippen LogP contribution in [0.4, 0.5) is 0 Å². The first-order chi connectivity index (χ1) is 8.70. The van der Waals surface area contributed by atoms with Gasteiger partial charge in [-0.05, 0) is 15.9 Å². The van der Waals surface area contributed by atoms with Crippen LogP contribution < -0.4 is 5.32 Å². The SMILES string of the molecule is CNC(=O)CN(C)S(=O)(=O)c1cc(C(=O)O)oc1Br. The number of carbonyl (C=O) groups is 2. The van der Waals surface area contributed by atoms with Crippen LogP contribution in [0.25, 0.3) is 0 Å². The number of amides is 1. The summed E-state index contributed by atoms with van der Waals surface area (Å²) in [6.45, 7) is -0.390. The second kappa shape index (κ2) is 5.72. The molecule has 0 fully saturated rings. The number of hydrogen-bond donors (Lipinski definition) is 2. The molecule has 10 heteroatoms. The second-order valence-electron chi connectivity index (χ2n) is 3.49. The van der Waals surface area contributed by atoms with E-state index in [0.717, 1.165) is 10.4 Å². The van der Waals surface area contributed by atoms with E-state index >= 15 is 0 Å². The Bertz CT molecular complexity index is 608. The summed E-state index contributed by atoms with van der Waals surface area (Å²) in [6.07, 6.45) is 0. The molecule has 0 saturated heterocycles. The summed E-state index contributed by atoms with van der Waals surface area (Å²) in [4.78, 5) is 21.5. The molecule has 0 unspecified atom stereocenters. The topological polar surface area (TPSA) is 117 Å². The van der Waals surface area contributed by atoms with Crippen molar-refractivity contribution in [2.24, 2.45) is 0 Å². The zero-order valence-electron chi connectivity index (χ0n) is 10.0. The third-order valence-corrected chi connectivity index (χ3v) is 4.86. The molecule has 0 radical (unpaired) electrons. The van der Waals surface area contributed by atoms with Crippen LogP contribution >= 0.6 is 15.9 Å². The van der Waals surface area contributed by atoms with Gasteiger partial charge in [0.15, 0.2) is 4.67 Å². The van der Waals surface area contributed by atoms with Gasteiger partial charge in [-0.25, -0.2) is 13.2 Å². The molecule has 1 heterocycles. The Morgan fingerprint density at radius 2 is 2.11 bits per heavy atom. The second-order valence-corrected chi connectivity index (χ2v) is 6.22. The Hall–Kier alpha value is -1.39. The van der Waals surface area contributed by atoms with Crippen molar-refractivity contribution in [3.05, 3.63) is 16.5 Å². The van der Waals surface area contributed by atoms with Crippen LogP contribution in [0.2, 0.25) is 0 Å². The predicted molar refractivity (Wildman–Crippen MR) is 67.2 cm³/mol. The third-order valence-electron chi connectivity index (χ3n) is 2.20. The zero-order chi connectivity index (χ0) is 14.8. The van der Waals surface area contributed by atoms with Crippen LogP contribution in [0.3, 0.4) is 0 Å². The molecular weight excluding hydrogens is 344 g/mol. The number of furan rings is 1. The van der Waals surface area contributed by atoms with Crippen LogP contribution in [0.5, 0.6) is 0 Å². The van der Waals surface area contributed by atoms with Crippen LogP contribution in [0.15, 0.2) is 20.0 Å². The molecule has 0 saturated carbocycles. The van der Waals surface area contributed by atoms with Crippen molar-refractivity contribution in [2.75, 3.05) is 20.6 Å². The molecule has 1 rings (SSSR count). The molecule has 1 aromatic rings. The standard InChI is InChI=1S/C9H11BrN2O6S/c1-11-7(13)4-12(2)19(16,17)6-3-5(9(14)15)18-8(6)10/h3H,4H2,1-2H3,(H,11,13)(H,14,15). The maximum atomic E-state index is 12.1. The molecule has 0 aliphatic carbocycles. The lowest BCUT2D eigenvalue weighted by molar-refractivity contribution is -0.120. The van der Waals surface area contributed by atoms with Gasteiger partial charge in [0.05, 0.1) is 6.54 Å². The third kappa shape index (κ3) is 3.33. The van der Waals surface area contributed by atoms with E-state index in [4.69, 9.17) is 9.52 Å². The lowest BCUT2D eigenvalue weighted by Crippen LogP contribution is -2.36. The van der Waals surface area contributed by atoms with Gasteiger partial charge in [-0.2, -0.15) is 4.31 Å². The minimum absolute atomic E-state index is 0.228. The summed E-state index contributed by atoms with van der Waals surface area (Å²) in [5.41, 5.74) is 0. The smallest absolute Gasteiger partial charge is 0.371 e. The average Bonchev–Trinajstić information content (AvgIpc) is 2.71. The van der Waals surface area contributed by atoms with E-state index in [9.17, 15) is 18.0 Å². The molecular formula is C9H11BrN2O6S. The number of likely N-dealkylation sites (N-methyl/N-ethyl adjacent to an activating group) is 2. The monoisotopic (exact) mass is 354 g/mol. The van der Waals surface area contributed by atoms with E-state index in [-0.39, 0.29) is 9.56 Å². The summed E-state index contributed by atoms with van der Waals surface area (Å²) < 4.78 is 29.5. The van der Waals surface area contributed by atoms with Crippen LogP contribution in [0.1, 0.15) is 10.6 Å². The summed E-state index contributed by atoms with van der Waals surface area (Å²) in [5, 5.41) is 11.0. The molecule has 0 aliphatic heterocycles. The van der Waals surface area contributed by atoms with Gasteiger partial charge in [-0.3, -0.25) is 4.79 Å². The molecule has 0 aromatic carbocycles. The molecule has 19 heavy (non-hydrogen) atoms. The maximum absolute atomic E-state index is 12.1. The Balaban J connectivity index is 3.13. The van der Waals surface area contributed by atoms with Crippen molar-refractivity contribution in [1.82, 2.24) is 9.62 Å². The molecule has 1 aromatic heterocycles. The van der Waals surface area contributed by atoms with Crippen molar-refractivity contribution in [3.8, 4) is 0 Å². The van der Waals surface area contributed by atoms with E-state index in [1.54, 1.807) is 0 Å². The first-order valence-corrected chi connectivity index (χ1v) is 7.13. The molecule has 106 valence electrons. The predicted octanol–water partition coefficient (Wildman–Crippen LogP) is 0.107. The van der Waals surface area contributed by atoms with Crippen molar-refractivity contribution < 1.29 is 27.5 Å². The lowest BCUT2D eigenvalue weighted by Gasteiger charge is -2.14. The van der Waals surface area contributed by atoms with E-state index in [0.29, 0.717) is 0 Å². The first-order valence-electron chi connectivity index (χ1n) is 4.89. The van der Waals surface area contributed by atoms with Gasteiger partial charge in [-0.15, -0.1) is 0 Å². The minimum Gasteiger partial charge on any atom is -0.475 e. The molecule has 0 atom stereocenters. The quantitative estimate of drug-likeness (QED) is 0.774. The fraction of sp³-hybridized carbons (Fsp3) is 0.333. The number of halogens is 1. The highest BCUT2D eigenvalue weighted by atomic mass is 79.9. The molecule has 2 N–H and O–H groups in total. The number of nitrogens with zero attached hydrogens (tertiary/aromatic N) is 1. The van der Waals surface area contributed by atoms with Gasteiger partial charge in [0.25, 0.3) is 0 Å². The number of carboxylic acids is 1. The van der Waals surface area contributed by atoms with Crippen molar-refractivity contribution in [3.63, 3.8) is 0 Å². The Labute approximate surface area is 117 Å². The van der Waals surface area contributed by atoms with Crippen molar-refractivity contribution in [2.45, 2.75) is 4.90 Å². The fourth-order valence-corrected chi connectivity index (χ4v) is 3.19. The van der Waals surface area contributed by atoms with E-state index < -0.39 is 34.2 Å². The lowest BCUT2D eigenvalue weighted by atomic mass is 10.5. The number of aromatic carboxylic acids is 1. The highest BCUT2D eigenvalue weighted by Gasteiger charge is 2.29. The van der Waals surface area contributed by atoms with Gasteiger partial charge in [0, 0.05) is 20.2 Å². The van der Waals surface area contributed by atoms with E-state index in [2.05, 4.69) is 21.2 Å². The molecule has 1 amide bonds. The fourth-order valence-electron chi connectivity index (χ4n) is 1.17. The minimum atomic E-state index is -4.02. The van der Waals surface area contributed by atoms with Gasteiger partial charge in [-0.1, -0.05) is 0 Å². The number of sulfonamides is 1. The van der Waals surface area contributed by atoms with Gasteiger partial charge in [0.1, 0.15) is 4.90 Å². The van der Waals surface area contributed by atoms with Crippen LogP contribution in [0, 0.1) is 0 Å². The van der Waals surface area contributed by atoms with Crippen molar-refractivity contribution in [1.29, 1.82) is 0 Å². The normalized spacial score (nSPS) is 11.6. The highest BCUT2D eigenvalue weighted by Crippen LogP contribution is 2.28. The first kappa shape index (κ1) is 15.7. The molecule has 8 nitrogen and oxygen atoms in total. The summed E-state index contributed by atoms with van der Waals surface area (Å²) in [7, 11) is -1.45. The Morgan fingerprint density at radius 1 is 1.53 bits per heavy atom. The van der Waals surface area contributed by atoms with Gasteiger partial charge >= 0.3 is 5.97 Å². The highest BCUT2D eigenvalue weighted by molar-refractivity contribution is 9.10. The van der Waals surface area contributed by atoms with Crippen LogP contribution in [-0.4, -0.2) is 50.3 Å². The van der Waals surface area contributed by atoms with Crippen LogP contribution in [-0.2, 0) is 14.8 Å². The van der Waals surface area contributed by atoms with E-state index in [1.165, 1.54) is 14.1 Å².